The Balaban J connectivity index is 3.82. The van der Waals surface area contributed by atoms with Crippen molar-refractivity contribution < 1.29 is 21.8 Å². The standard InChI is InChI=1S/C9H13N3O6S2/c1-6-4-7(12(13)14)9(20(17,18)11-3)5-8(6)19(15,16)10-2/h4-5,10-11H,1-3H3. The van der Waals surface area contributed by atoms with E-state index in [0.29, 0.717) is 0 Å². The zero-order chi connectivity index (χ0) is 15.7. The Morgan fingerprint density at radius 3 is 1.85 bits per heavy atom. The Morgan fingerprint density at radius 2 is 1.45 bits per heavy atom. The van der Waals surface area contributed by atoms with Gasteiger partial charge in [0, 0.05) is 6.07 Å². The van der Waals surface area contributed by atoms with Crippen LogP contribution in [0, 0.1) is 17.0 Å². The minimum absolute atomic E-state index is 0.0705. The highest BCUT2D eigenvalue weighted by Gasteiger charge is 2.29. The number of rotatable bonds is 5. The van der Waals surface area contributed by atoms with E-state index in [9.17, 15) is 26.9 Å². The van der Waals surface area contributed by atoms with Crippen molar-refractivity contribution in [3.63, 3.8) is 0 Å². The lowest BCUT2D eigenvalue weighted by Crippen LogP contribution is -2.23. The smallest absolute Gasteiger partial charge is 0.258 e. The van der Waals surface area contributed by atoms with E-state index in [4.69, 9.17) is 0 Å². The molecule has 1 aromatic carbocycles. The lowest BCUT2D eigenvalue weighted by Gasteiger charge is -2.10. The number of nitrogens with one attached hydrogen (secondary N) is 2. The lowest BCUT2D eigenvalue weighted by atomic mass is 10.2. The summed E-state index contributed by atoms with van der Waals surface area (Å²) in [5.41, 5.74) is -0.618. The van der Waals surface area contributed by atoms with Crippen LogP contribution in [0.3, 0.4) is 0 Å². The second-order valence-corrected chi connectivity index (χ2v) is 7.47. The van der Waals surface area contributed by atoms with Gasteiger partial charge in [-0.05, 0) is 32.6 Å². The number of nitro groups is 1. The molecule has 0 radical (unpaired) electrons. The maximum absolute atomic E-state index is 11.8. The van der Waals surface area contributed by atoms with Crippen LogP contribution in [0.2, 0.25) is 0 Å². The van der Waals surface area contributed by atoms with Gasteiger partial charge in [-0.2, -0.15) is 0 Å². The van der Waals surface area contributed by atoms with Crippen molar-refractivity contribution >= 4 is 25.7 Å². The number of sulfonamides is 2. The maximum Gasteiger partial charge on any atom is 0.289 e. The molecule has 0 saturated carbocycles. The van der Waals surface area contributed by atoms with E-state index in [-0.39, 0.29) is 10.5 Å². The number of hydrogen-bond acceptors (Lipinski definition) is 6. The monoisotopic (exact) mass is 323 g/mol. The molecule has 112 valence electrons. The van der Waals surface area contributed by atoms with Crippen molar-refractivity contribution in [2.45, 2.75) is 16.7 Å². The Bertz CT molecular complexity index is 754. The third-order valence-electron chi connectivity index (χ3n) is 2.57. The molecule has 0 aromatic heterocycles. The molecule has 0 unspecified atom stereocenters. The third kappa shape index (κ3) is 2.95. The van der Waals surface area contributed by atoms with Crippen molar-refractivity contribution in [3.8, 4) is 0 Å². The molecule has 0 atom stereocenters. The Kier molecular flexibility index (Phi) is 4.49. The highest BCUT2D eigenvalue weighted by Crippen LogP contribution is 2.29. The predicted octanol–water partition coefficient (Wildman–Crippen LogP) is -0.281. The van der Waals surface area contributed by atoms with Crippen LogP contribution in [0.25, 0.3) is 0 Å². The van der Waals surface area contributed by atoms with Crippen LogP contribution in [-0.2, 0) is 20.0 Å². The van der Waals surface area contributed by atoms with Crippen molar-refractivity contribution in [3.05, 3.63) is 27.8 Å². The molecule has 0 fully saturated rings. The molecule has 0 saturated heterocycles. The molecule has 1 aromatic rings. The van der Waals surface area contributed by atoms with Gasteiger partial charge in [0.25, 0.3) is 5.69 Å². The average molecular weight is 323 g/mol. The van der Waals surface area contributed by atoms with E-state index < -0.39 is 35.6 Å². The van der Waals surface area contributed by atoms with Gasteiger partial charge in [-0.15, -0.1) is 0 Å². The topological polar surface area (TPSA) is 135 Å². The molecule has 1 rings (SSSR count). The van der Waals surface area contributed by atoms with E-state index >= 15 is 0 Å². The molecule has 0 aliphatic heterocycles. The highest BCUT2D eigenvalue weighted by molar-refractivity contribution is 7.90. The quantitative estimate of drug-likeness (QED) is 0.565. The Labute approximate surface area is 116 Å². The lowest BCUT2D eigenvalue weighted by molar-refractivity contribution is -0.387. The van der Waals surface area contributed by atoms with Gasteiger partial charge in [0.2, 0.25) is 20.0 Å². The molecular formula is C9H13N3O6S2. The largest absolute Gasteiger partial charge is 0.289 e. The first-order chi connectivity index (χ1) is 9.06. The minimum Gasteiger partial charge on any atom is -0.258 e. The van der Waals surface area contributed by atoms with Crippen molar-refractivity contribution in [2.24, 2.45) is 0 Å². The second-order valence-electron chi connectivity index (χ2n) is 3.76. The zero-order valence-electron chi connectivity index (χ0n) is 10.9. The summed E-state index contributed by atoms with van der Waals surface area (Å²) in [6, 6.07) is 1.68. The second kappa shape index (κ2) is 5.44. The number of nitrogens with zero attached hydrogens (tertiary/aromatic N) is 1. The summed E-state index contributed by atoms with van der Waals surface area (Å²) < 4.78 is 51.0. The Morgan fingerprint density at radius 1 is 1.00 bits per heavy atom. The summed E-state index contributed by atoms with van der Waals surface area (Å²) in [6.45, 7) is 1.34. The fraction of sp³-hybridized carbons (Fsp3) is 0.333. The number of aryl methyl sites for hydroxylation is 1. The fourth-order valence-electron chi connectivity index (χ4n) is 1.52. The Hall–Kier alpha value is -1.56. The predicted molar refractivity (Wildman–Crippen MR) is 70.3 cm³/mol. The van der Waals surface area contributed by atoms with Gasteiger partial charge in [0.1, 0.15) is 0 Å². The summed E-state index contributed by atoms with van der Waals surface area (Å²) in [6.07, 6.45) is 0. The summed E-state index contributed by atoms with van der Waals surface area (Å²) in [4.78, 5) is 9.00. The first-order valence-corrected chi connectivity index (χ1v) is 8.19. The van der Waals surface area contributed by atoms with Crippen molar-refractivity contribution in [1.29, 1.82) is 0 Å². The van der Waals surface area contributed by atoms with Gasteiger partial charge in [-0.1, -0.05) is 0 Å². The van der Waals surface area contributed by atoms with E-state index in [1.807, 2.05) is 9.44 Å². The molecule has 20 heavy (non-hydrogen) atoms. The van der Waals surface area contributed by atoms with Gasteiger partial charge in [-0.25, -0.2) is 26.3 Å². The van der Waals surface area contributed by atoms with Crippen LogP contribution in [0.5, 0.6) is 0 Å². The molecule has 11 heteroatoms. The van der Waals surface area contributed by atoms with Crippen molar-refractivity contribution in [1.82, 2.24) is 9.44 Å². The van der Waals surface area contributed by atoms with Crippen LogP contribution in [0.1, 0.15) is 5.56 Å². The van der Waals surface area contributed by atoms with Crippen molar-refractivity contribution in [2.75, 3.05) is 14.1 Å². The molecule has 2 N–H and O–H groups in total. The first kappa shape index (κ1) is 16.5. The van der Waals surface area contributed by atoms with Crippen LogP contribution in [0.15, 0.2) is 21.9 Å². The molecule has 0 heterocycles. The van der Waals surface area contributed by atoms with Crippen LogP contribution >= 0.6 is 0 Å². The first-order valence-electron chi connectivity index (χ1n) is 5.23. The molecule has 9 nitrogen and oxygen atoms in total. The zero-order valence-corrected chi connectivity index (χ0v) is 12.5. The van der Waals surface area contributed by atoms with E-state index in [0.717, 1.165) is 26.2 Å². The normalized spacial score (nSPS) is 12.3. The molecule has 0 bridgehead atoms. The van der Waals surface area contributed by atoms with Crippen LogP contribution in [0.4, 0.5) is 5.69 Å². The summed E-state index contributed by atoms with van der Waals surface area (Å²) in [7, 11) is -5.86. The van der Waals surface area contributed by atoms with Gasteiger partial charge in [-0.3, -0.25) is 10.1 Å². The highest BCUT2D eigenvalue weighted by atomic mass is 32.2. The van der Waals surface area contributed by atoms with E-state index in [2.05, 4.69) is 0 Å². The van der Waals surface area contributed by atoms with Gasteiger partial charge in [0.05, 0.1) is 9.82 Å². The molecule has 0 aliphatic rings. The summed E-state index contributed by atoms with van der Waals surface area (Å²) in [5, 5.41) is 10.9. The van der Waals surface area contributed by atoms with Gasteiger partial charge >= 0.3 is 0 Å². The van der Waals surface area contributed by atoms with E-state index in [1.54, 1.807) is 0 Å². The maximum atomic E-state index is 11.8. The molecule has 0 aliphatic carbocycles. The fourth-order valence-corrected chi connectivity index (χ4v) is 3.47. The number of hydrogen-bond donors (Lipinski definition) is 2. The number of benzene rings is 1. The minimum atomic E-state index is -4.17. The third-order valence-corrected chi connectivity index (χ3v) is 5.57. The van der Waals surface area contributed by atoms with E-state index in [1.165, 1.54) is 6.92 Å². The summed E-state index contributed by atoms with van der Waals surface area (Å²) >= 11 is 0. The van der Waals surface area contributed by atoms with Gasteiger partial charge < -0.3 is 0 Å². The summed E-state index contributed by atoms with van der Waals surface area (Å²) in [5.74, 6) is 0. The molecular weight excluding hydrogens is 310 g/mol. The van der Waals surface area contributed by atoms with Crippen LogP contribution in [-0.4, -0.2) is 35.9 Å². The average Bonchev–Trinajstić information content (AvgIpc) is 2.37. The molecule has 0 amide bonds. The molecule has 0 spiro atoms. The SMILES string of the molecule is CNS(=O)(=O)c1cc(S(=O)(=O)NC)c([N+](=O)[O-])cc1C. The van der Waals surface area contributed by atoms with Crippen LogP contribution < -0.4 is 9.44 Å². The number of nitro benzene ring substituents is 1. The van der Waals surface area contributed by atoms with Gasteiger partial charge in [0.15, 0.2) is 4.90 Å².